The van der Waals surface area contributed by atoms with Crippen LogP contribution in [-0.4, -0.2) is 13.1 Å². The van der Waals surface area contributed by atoms with E-state index in [9.17, 15) is 4.39 Å². The second-order valence-electron chi connectivity index (χ2n) is 6.61. The smallest absolute Gasteiger partial charge is 0.126 e. The molecule has 0 saturated heterocycles. The molecule has 0 amide bonds. The second kappa shape index (κ2) is 5.24. The van der Waals surface area contributed by atoms with Crippen LogP contribution in [0.15, 0.2) is 24.3 Å². The van der Waals surface area contributed by atoms with Gasteiger partial charge in [-0.1, -0.05) is 25.1 Å². The lowest BCUT2D eigenvalue weighted by Gasteiger charge is -2.31. The van der Waals surface area contributed by atoms with Crippen molar-refractivity contribution in [2.45, 2.75) is 39.0 Å². The van der Waals surface area contributed by atoms with Crippen LogP contribution in [0.25, 0.3) is 0 Å². The Bertz CT molecular complexity index is 433. The van der Waals surface area contributed by atoms with Gasteiger partial charge in [0.05, 0.1) is 0 Å². The largest absolute Gasteiger partial charge is 0.316 e. The van der Waals surface area contributed by atoms with Gasteiger partial charge in [-0.05, 0) is 67.5 Å². The number of nitrogens with one attached hydrogen (secondary N) is 1. The minimum Gasteiger partial charge on any atom is -0.316 e. The average Bonchev–Trinajstić information content (AvgIpc) is 3.01. The third kappa shape index (κ3) is 2.84. The Balaban J connectivity index is 1.71. The van der Waals surface area contributed by atoms with Gasteiger partial charge in [-0.3, -0.25) is 0 Å². The fourth-order valence-corrected chi connectivity index (χ4v) is 3.93. The van der Waals surface area contributed by atoms with Gasteiger partial charge in [0.15, 0.2) is 0 Å². The van der Waals surface area contributed by atoms with Crippen LogP contribution in [-0.2, 0) is 6.42 Å². The van der Waals surface area contributed by atoms with Gasteiger partial charge >= 0.3 is 0 Å². The van der Waals surface area contributed by atoms with Gasteiger partial charge in [0.1, 0.15) is 5.82 Å². The molecule has 2 aliphatic carbocycles. The van der Waals surface area contributed by atoms with E-state index in [4.69, 9.17) is 0 Å². The van der Waals surface area contributed by atoms with Crippen LogP contribution in [0.3, 0.4) is 0 Å². The van der Waals surface area contributed by atoms with Crippen molar-refractivity contribution in [3.8, 4) is 0 Å². The van der Waals surface area contributed by atoms with E-state index in [-0.39, 0.29) is 5.82 Å². The Hall–Kier alpha value is -0.890. The maximum Gasteiger partial charge on any atom is 0.126 e. The fraction of sp³-hybridized carbons (Fsp3) is 0.647. The number of fused-ring (bicyclic) bond motifs is 1. The lowest BCUT2D eigenvalue weighted by atomic mass is 9.77. The van der Waals surface area contributed by atoms with Crippen molar-refractivity contribution in [3.63, 3.8) is 0 Å². The SMILES string of the molecule is CCCNCC1(Cc2ccccc2F)CC2CC2C1. The lowest BCUT2D eigenvalue weighted by molar-refractivity contribution is 0.246. The summed E-state index contributed by atoms with van der Waals surface area (Å²) in [5.74, 6) is 1.85. The van der Waals surface area contributed by atoms with Crippen LogP contribution in [0, 0.1) is 23.1 Å². The molecule has 0 aliphatic heterocycles. The molecule has 1 aromatic rings. The minimum atomic E-state index is -0.0297. The number of rotatable bonds is 6. The molecule has 0 heterocycles. The standard InChI is InChI=1S/C17H24FN/c1-2-7-19-12-17(10-14-8-15(14)11-17)9-13-5-3-4-6-16(13)18/h3-6,14-15,19H,2,7-12H2,1H3. The molecule has 2 aliphatic rings. The average molecular weight is 261 g/mol. The first-order valence-corrected chi connectivity index (χ1v) is 7.66. The lowest BCUT2D eigenvalue weighted by Crippen LogP contribution is -2.35. The molecule has 0 radical (unpaired) electrons. The monoisotopic (exact) mass is 261 g/mol. The van der Waals surface area contributed by atoms with Gasteiger partial charge in [0, 0.05) is 6.54 Å². The summed E-state index contributed by atoms with van der Waals surface area (Å²) in [6.07, 6.45) is 6.09. The molecule has 3 rings (SSSR count). The van der Waals surface area contributed by atoms with Crippen molar-refractivity contribution in [3.05, 3.63) is 35.6 Å². The van der Waals surface area contributed by atoms with E-state index < -0.39 is 0 Å². The van der Waals surface area contributed by atoms with E-state index in [0.717, 1.165) is 36.9 Å². The molecule has 2 fully saturated rings. The van der Waals surface area contributed by atoms with E-state index in [2.05, 4.69) is 12.2 Å². The van der Waals surface area contributed by atoms with E-state index in [1.54, 1.807) is 12.1 Å². The zero-order valence-electron chi connectivity index (χ0n) is 11.8. The topological polar surface area (TPSA) is 12.0 Å². The molecule has 104 valence electrons. The molecular weight excluding hydrogens is 237 g/mol. The van der Waals surface area contributed by atoms with E-state index in [1.165, 1.54) is 25.7 Å². The first-order valence-electron chi connectivity index (χ1n) is 7.66. The third-order valence-electron chi connectivity index (χ3n) is 4.91. The van der Waals surface area contributed by atoms with E-state index in [1.807, 2.05) is 12.1 Å². The number of hydrogen-bond donors (Lipinski definition) is 1. The molecule has 1 nitrogen and oxygen atoms in total. The zero-order chi connectivity index (χ0) is 13.3. The zero-order valence-corrected chi connectivity index (χ0v) is 11.8. The summed E-state index contributed by atoms with van der Waals surface area (Å²) in [6.45, 7) is 4.33. The molecule has 0 bridgehead atoms. The van der Waals surface area contributed by atoms with E-state index in [0.29, 0.717) is 5.41 Å². The van der Waals surface area contributed by atoms with Gasteiger partial charge in [0.2, 0.25) is 0 Å². The van der Waals surface area contributed by atoms with Crippen LogP contribution >= 0.6 is 0 Å². The molecule has 2 unspecified atom stereocenters. The van der Waals surface area contributed by atoms with Crippen LogP contribution in [0.4, 0.5) is 4.39 Å². The highest BCUT2D eigenvalue weighted by atomic mass is 19.1. The van der Waals surface area contributed by atoms with Gasteiger partial charge in [-0.2, -0.15) is 0 Å². The Kier molecular flexibility index (Phi) is 3.62. The molecule has 2 heteroatoms. The Morgan fingerprint density at radius 3 is 2.68 bits per heavy atom. The summed E-state index contributed by atoms with van der Waals surface area (Å²) < 4.78 is 13.9. The van der Waals surface area contributed by atoms with Gasteiger partial charge in [0.25, 0.3) is 0 Å². The molecular formula is C17H24FN. The molecule has 0 aromatic heterocycles. The summed E-state index contributed by atoms with van der Waals surface area (Å²) in [4.78, 5) is 0. The quantitative estimate of drug-likeness (QED) is 0.768. The number of hydrogen-bond acceptors (Lipinski definition) is 1. The summed E-state index contributed by atoms with van der Waals surface area (Å²) in [7, 11) is 0. The summed E-state index contributed by atoms with van der Waals surface area (Å²) in [5, 5.41) is 3.58. The second-order valence-corrected chi connectivity index (χ2v) is 6.61. The van der Waals surface area contributed by atoms with Crippen molar-refractivity contribution < 1.29 is 4.39 Å². The highest BCUT2D eigenvalue weighted by Gasteiger charge is 2.53. The summed E-state index contributed by atoms with van der Waals surface area (Å²) in [6, 6.07) is 7.30. The third-order valence-corrected chi connectivity index (χ3v) is 4.91. The molecule has 2 saturated carbocycles. The molecule has 1 N–H and O–H groups in total. The summed E-state index contributed by atoms with van der Waals surface area (Å²) >= 11 is 0. The maximum absolute atomic E-state index is 13.9. The highest BCUT2D eigenvalue weighted by molar-refractivity contribution is 5.21. The minimum absolute atomic E-state index is 0.0297. The predicted molar refractivity (Wildman–Crippen MR) is 76.5 cm³/mol. The van der Waals surface area contributed by atoms with Gasteiger partial charge in [-0.15, -0.1) is 0 Å². The van der Waals surface area contributed by atoms with Crippen molar-refractivity contribution in [1.29, 1.82) is 0 Å². The molecule has 19 heavy (non-hydrogen) atoms. The molecule has 0 spiro atoms. The van der Waals surface area contributed by atoms with Crippen molar-refractivity contribution in [2.24, 2.45) is 17.3 Å². The fourth-order valence-electron chi connectivity index (χ4n) is 3.93. The van der Waals surface area contributed by atoms with Crippen LogP contribution in [0.5, 0.6) is 0 Å². The maximum atomic E-state index is 13.9. The van der Waals surface area contributed by atoms with Crippen molar-refractivity contribution >= 4 is 0 Å². The Morgan fingerprint density at radius 2 is 2.00 bits per heavy atom. The molecule has 2 atom stereocenters. The first-order chi connectivity index (χ1) is 9.22. The molecule has 1 aromatic carbocycles. The predicted octanol–water partition coefficient (Wildman–Crippen LogP) is 3.78. The number of halogens is 1. The number of benzene rings is 1. The summed E-state index contributed by atoms with van der Waals surface area (Å²) in [5.41, 5.74) is 1.22. The highest BCUT2D eigenvalue weighted by Crippen LogP contribution is 2.60. The van der Waals surface area contributed by atoms with Crippen molar-refractivity contribution in [1.82, 2.24) is 5.32 Å². The van der Waals surface area contributed by atoms with E-state index >= 15 is 0 Å². The van der Waals surface area contributed by atoms with Crippen LogP contribution in [0.2, 0.25) is 0 Å². The Labute approximate surface area is 115 Å². The van der Waals surface area contributed by atoms with Crippen LogP contribution in [0.1, 0.15) is 38.2 Å². The van der Waals surface area contributed by atoms with Crippen molar-refractivity contribution in [2.75, 3.05) is 13.1 Å². The van der Waals surface area contributed by atoms with Gasteiger partial charge in [-0.25, -0.2) is 4.39 Å². The first kappa shape index (κ1) is 13.1. The normalized spacial score (nSPS) is 32.3. The van der Waals surface area contributed by atoms with Crippen LogP contribution < -0.4 is 5.32 Å². The Morgan fingerprint density at radius 1 is 1.26 bits per heavy atom. The van der Waals surface area contributed by atoms with Gasteiger partial charge < -0.3 is 5.32 Å².